The van der Waals surface area contributed by atoms with Crippen LogP contribution in [0.3, 0.4) is 0 Å². The number of phenols is 2. The lowest BCUT2D eigenvalue weighted by atomic mass is 10.1. The molecule has 0 atom stereocenters. The van der Waals surface area contributed by atoms with Gasteiger partial charge in [-0.2, -0.15) is 0 Å². The van der Waals surface area contributed by atoms with Crippen LogP contribution in [0.25, 0.3) is 6.08 Å². The molecule has 0 bridgehead atoms. The van der Waals surface area contributed by atoms with Crippen LogP contribution in [0.5, 0.6) is 17.2 Å². The smallest absolute Gasteiger partial charge is 0.232 e. The zero-order valence-electron chi connectivity index (χ0n) is 10.1. The van der Waals surface area contributed by atoms with E-state index in [4.69, 9.17) is 16.3 Å². The predicted octanol–water partition coefficient (Wildman–Crippen LogP) is 3.37. The molecule has 0 saturated carbocycles. The normalized spacial score (nSPS) is 15.2. The second-order valence-corrected chi connectivity index (χ2v) is 4.68. The molecule has 5 heteroatoms. The third-order valence-electron chi connectivity index (χ3n) is 2.98. The molecule has 0 aliphatic carbocycles. The number of Topliss-reactive ketones (excluding diaryl/α,β-unsaturated/α-hetero) is 1. The molecule has 0 saturated heterocycles. The predicted molar refractivity (Wildman–Crippen MR) is 74.2 cm³/mol. The van der Waals surface area contributed by atoms with Gasteiger partial charge in [0.1, 0.15) is 0 Å². The van der Waals surface area contributed by atoms with E-state index in [2.05, 4.69) is 0 Å². The summed E-state index contributed by atoms with van der Waals surface area (Å²) in [4.78, 5) is 12.1. The van der Waals surface area contributed by atoms with Crippen LogP contribution in [0.2, 0.25) is 5.02 Å². The Hall–Kier alpha value is -2.46. The van der Waals surface area contributed by atoms with E-state index < -0.39 is 5.75 Å². The maximum atomic E-state index is 12.1. The topological polar surface area (TPSA) is 66.8 Å². The maximum Gasteiger partial charge on any atom is 0.232 e. The van der Waals surface area contributed by atoms with Gasteiger partial charge in [-0.15, -0.1) is 0 Å². The van der Waals surface area contributed by atoms with Gasteiger partial charge < -0.3 is 14.9 Å². The van der Waals surface area contributed by atoms with Crippen molar-refractivity contribution < 1.29 is 19.7 Å². The summed E-state index contributed by atoms with van der Waals surface area (Å²) in [6.45, 7) is 0. The summed E-state index contributed by atoms with van der Waals surface area (Å²) in [5.41, 5.74) is 0.840. The number of ether oxygens (including phenoxy) is 1. The maximum absolute atomic E-state index is 12.1. The molecule has 2 aromatic rings. The van der Waals surface area contributed by atoms with Crippen molar-refractivity contribution in [2.45, 2.75) is 0 Å². The lowest BCUT2D eigenvalue weighted by Crippen LogP contribution is -1.98. The van der Waals surface area contributed by atoms with Crippen LogP contribution in [0.4, 0.5) is 0 Å². The Kier molecular flexibility index (Phi) is 2.88. The lowest BCUT2D eigenvalue weighted by Gasteiger charge is -2.03. The first-order valence-electron chi connectivity index (χ1n) is 5.81. The molecule has 0 amide bonds. The van der Waals surface area contributed by atoms with Crippen molar-refractivity contribution in [1.29, 1.82) is 0 Å². The fourth-order valence-electron chi connectivity index (χ4n) is 1.96. The summed E-state index contributed by atoms with van der Waals surface area (Å²) < 4.78 is 5.33. The Labute approximate surface area is 119 Å². The molecule has 20 heavy (non-hydrogen) atoms. The number of fused-ring (bicyclic) bond motifs is 1. The number of halogens is 1. The van der Waals surface area contributed by atoms with Crippen molar-refractivity contribution in [1.82, 2.24) is 0 Å². The van der Waals surface area contributed by atoms with Gasteiger partial charge in [-0.05, 0) is 29.8 Å². The fourth-order valence-corrected chi connectivity index (χ4v) is 2.15. The second-order valence-electron chi connectivity index (χ2n) is 4.27. The van der Waals surface area contributed by atoms with Gasteiger partial charge in [-0.1, -0.05) is 29.8 Å². The van der Waals surface area contributed by atoms with E-state index in [1.807, 2.05) is 0 Å². The molecular weight excluding hydrogens is 280 g/mol. The average molecular weight is 289 g/mol. The molecule has 1 aliphatic rings. The van der Waals surface area contributed by atoms with Gasteiger partial charge in [0.2, 0.25) is 11.5 Å². The van der Waals surface area contributed by atoms with Crippen LogP contribution in [-0.2, 0) is 0 Å². The van der Waals surface area contributed by atoms with Crippen LogP contribution >= 0.6 is 11.6 Å². The number of ketones is 1. The van der Waals surface area contributed by atoms with E-state index in [9.17, 15) is 15.0 Å². The molecule has 2 N–H and O–H groups in total. The Morgan fingerprint density at radius 1 is 1.10 bits per heavy atom. The van der Waals surface area contributed by atoms with Crippen molar-refractivity contribution >= 4 is 23.5 Å². The second kappa shape index (κ2) is 4.58. The molecule has 0 aromatic heterocycles. The largest absolute Gasteiger partial charge is 0.504 e. The van der Waals surface area contributed by atoms with Crippen LogP contribution in [0, 0.1) is 0 Å². The van der Waals surface area contributed by atoms with Crippen molar-refractivity contribution in [3.8, 4) is 17.2 Å². The Morgan fingerprint density at radius 3 is 2.60 bits per heavy atom. The van der Waals surface area contributed by atoms with E-state index in [0.717, 1.165) is 0 Å². The summed E-state index contributed by atoms with van der Waals surface area (Å²) >= 11 is 6.02. The van der Waals surface area contributed by atoms with Gasteiger partial charge in [0.25, 0.3) is 0 Å². The van der Waals surface area contributed by atoms with Crippen LogP contribution in [0.15, 0.2) is 42.2 Å². The summed E-state index contributed by atoms with van der Waals surface area (Å²) in [6.07, 6.45) is 1.50. The first-order chi connectivity index (χ1) is 9.58. The standard InChI is InChI=1S/C15H9ClO4/c16-10-4-2-1-3-8(10)7-12-13(18)9-5-6-11(17)14(19)15(9)20-12/h1-7,17,19H. The van der Waals surface area contributed by atoms with Crippen LogP contribution in [0.1, 0.15) is 15.9 Å². The number of allylic oxidation sites excluding steroid dienone is 1. The molecule has 100 valence electrons. The SMILES string of the molecule is O=C1C(=Cc2ccccc2Cl)Oc2c1ccc(O)c2O. The van der Waals surface area contributed by atoms with Gasteiger partial charge in [-0.3, -0.25) is 4.79 Å². The van der Waals surface area contributed by atoms with Crippen LogP contribution < -0.4 is 4.74 Å². The monoisotopic (exact) mass is 288 g/mol. The third-order valence-corrected chi connectivity index (χ3v) is 3.33. The van der Waals surface area contributed by atoms with Gasteiger partial charge in [-0.25, -0.2) is 0 Å². The minimum Gasteiger partial charge on any atom is -0.504 e. The summed E-state index contributed by atoms with van der Waals surface area (Å²) in [6, 6.07) is 9.65. The summed E-state index contributed by atoms with van der Waals surface area (Å²) in [5.74, 6) is -1.13. The lowest BCUT2D eigenvalue weighted by molar-refractivity contribution is 0.101. The molecule has 3 rings (SSSR count). The van der Waals surface area contributed by atoms with Gasteiger partial charge in [0.05, 0.1) is 5.56 Å². The number of rotatable bonds is 1. The van der Waals surface area contributed by atoms with Gasteiger partial charge in [0.15, 0.2) is 17.3 Å². The zero-order chi connectivity index (χ0) is 14.3. The van der Waals surface area contributed by atoms with Gasteiger partial charge >= 0.3 is 0 Å². The highest BCUT2D eigenvalue weighted by atomic mass is 35.5. The van der Waals surface area contributed by atoms with Crippen molar-refractivity contribution in [2.75, 3.05) is 0 Å². The molecule has 0 fully saturated rings. The molecule has 0 radical (unpaired) electrons. The summed E-state index contributed by atoms with van der Waals surface area (Å²) in [7, 11) is 0. The van der Waals surface area contributed by atoms with Crippen LogP contribution in [-0.4, -0.2) is 16.0 Å². The number of carbonyl (C=O) groups excluding carboxylic acids is 1. The molecule has 0 unspecified atom stereocenters. The Bertz CT molecular complexity index is 750. The minimum absolute atomic E-state index is 0.0340. The number of hydrogen-bond donors (Lipinski definition) is 2. The summed E-state index contributed by atoms with van der Waals surface area (Å²) in [5, 5.41) is 19.6. The number of phenolic OH excluding ortho intramolecular Hbond substituents is 2. The number of carbonyl (C=O) groups is 1. The number of hydrogen-bond acceptors (Lipinski definition) is 4. The van der Waals surface area contributed by atoms with E-state index in [1.54, 1.807) is 24.3 Å². The molecule has 1 aliphatic heterocycles. The molecule has 2 aromatic carbocycles. The van der Waals surface area contributed by atoms with Crippen molar-refractivity contribution in [3.63, 3.8) is 0 Å². The first kappa shape index (κ1) is 12.6. The van der Waals surface area contributed by atoms with Crippen molar-refractivity contribution in [2.24, 2.45) is 0 Å². The third kappa shape index (κ3) is 1.90. The van der Waals surface area contributed by atoms with E-state index in [0.29, 0.717) is 10.6 Å². The highest BCUT2D eigenvalue weighted by Gasteiger charge is 2.31. The quantitative estimate of drug-likeness (QED) is 0.624. The highest BCUT2D eigenvalue weighted by molar-refractivity contribution is 6.32. The van der Waals surface area contributed by atoms with Gasteiger partial charge in [0, 0.05) is 5.02 Å². The highest BCUT2D eigenvalue weighted by Crippen LogP contribution is 2.44. The first-order valence-corrected chi connectivity index (χ1v) is 6.19. The Balaban J connectivity index is 2.07. The van der Waals surface area contributed by atoms with E-state index in [-0.39, 0.29) is 28.6 Å². The molecule has 1 heterocycles. The molecular formula is C15H9ClO4. The zero-order valence-corrected chi connectivity index (χ0v) is 10.9. The average Bonchev–Trinajstić information content (AvgIpc) is 2.75. The van der Waals surface area contributed by atoms with E-state index in [1.165, 1.54) is 18.2 Å². The van der Waals surface area contributed by atoms with E-state index >= 15 is 0 Å². The van der Waals surface area contributed by atoms with Crippen molar-refractivity contribution in [3.05, 3.63) is 58.3 Å². The number of benzene rings is 2. The minimum atomic E-state index is -0.446. The molecule has 0 spiro atoms. The molecule has 4 nitrogen and oxygen atoms in total. The Morgan fingerprint density at radius 2 is 1.85 bits per heavy atom. The fraction of sp³-hybridized carbons (Fsp3) is 0. The number of aromatic hydroxyl groups is 2.